The Morgan fingerprint density at radius 2 is 1.79 bits per heavy atom. The zero-order chi connectivity index (χ0) is 28.6. The van der Waals surface area contributed by atoms with Crippen molar-refractivity contribution in [2.24, 2.45) is 11.7 Å². The van der Waals surface area contributed by atoms with Gasteiger partial charge >= 0.3 is 6.09 Å². The van der Waals surface area contributed by atoms with Crippen LogP contribution in [0.25, 0.3) is 0 Å². The summed E-state index contributed by atoms with van der Waals surface area (Å²) in [6.45, 7) is 3.78. The fourth-order valence-electron chi connectivity index (χ4n) is 4.05. The highest BCUT2D eigenvalue weighted by Gasteiger charge is 2.32. The maximum Gasteiger partial charge on any atom is 0.404 e. The van der Waals surface area contributed by atoms with Crippen LogP contribution >= 0.6 is 0 Å². The number of sulfonamides is 1. The number of fused-ring (bicyclic) bond motifs is 1. The van der Waals surface area contributed by atoms with Gasteiger partial charge in [-0.15, -0.1) is 0 Å². The molecule has 0 aromatic heterocycles. The molecule has 1 aliphatic heterocycles. The third-order valence-electron chi connectivity index (χ3n) is 5.93. The van der Waals surface area contributed by atoms with Crippen molar-refractivity contribution in [2.45, 2.75) is 50.2 Å². The van der Waals surface area contributed by atoms with Crippen LogP contribution in [0, 0.1) is 5.92 Å². The monoisotopic (exact) mass is 565 g/mol. The summed E-state index contributed by atoms with van der Waals surface area (Å²) in [6.07, 6.45) is -1.89. The molecule has 214 valence electrons. The number of primary amides is 1. The van der Waals surface area contributed by atoms with Gasteiger partial charge < -0.3 is 35.5 Å². The van der Waals surface area contributed by atoms with Crippen molar-refractivity contribution in [1.29, 1.82) is 0 Å². The predicted molar refractivity (Wildman–Crippen MR) is 141 cm³/mol. The van der Waals surface area contributed by atoms with Crippen molar-refractivity contribution in [1.82, 2.24) is 9.62 Å². The van der Waals surface area contributed by atoms with Crippen LogP contribution in [-0.2, 0) is 21.2 Å². The summed E-state index contributed by atoms with van der Waals surface area (Å²) < 4.78 is 44.4. The number of rotatable bonds is 15. The molecule has 0 saturated carbocycles. The molecule has 3 rings (SSSR count). The van der Waals surface area contributed by atoms with Crippen molar-refractivity contribution < 1.29 is 42.4 Å². The summed E-state index contributed by atoms with van der Waals surface area (Å²) in [4.78, 5) is 22.3. The van der Waals surface area contributed by atoms with E-state index in [1.54, 1.807) is 24.3 Å². The van der Waals surface area contributed by atoms with Gasteiger partial charge in [-0.05, 0) is 48.6 Å². The summed E-state index contributed by atoms with van der Waals surface area (Å²) in [5, 5.41) is 22.8. The van der Waals surface area contributed by atoms with E-state index in [1.807, 2.05) is 13.8 Å². The van der Waals surface area contributed by atoms with Gasteiger partial charge in [0.25, 0.3) is 0 Å². The van der Waals surface area contributed by atoms with E-state index in [9.17, 15) is 28.2 Å². The van der Waals surface area contributed by atoms with Gasteiger partial charge in [0.05, 0.1) is 23.6 Å². The lowest BCUT2D eigenvalue weighted by atomic mass is 10.0. The number of carbonyl (C=O) groups is 2. The zero-order valence-electron chi connectivity index (χ0n) is 21.9. The number of aliphatic hydroxyl groups is 1. The van der Waals surface area contributed by atoms with Crippen molar-refractivity contribution >= 4 is 22.0 Å². The first-order valence-electron chi connectivity index (χ1n) is 12.5. The van der Waals surface area contributed by atoms with E-state index in [-0.39, 0.29) is 43.5 Å². The molecule has 1 aliphatic rings. The molecule has 39 heavy (non-hydrogen) atoms. The second kappa shape index (κ2) is 13.5. The molecule has 2 amide bonds. The molecule has 1 heterocycles. The first-order valence-corrected chi connectivity index (χ1v) is 14.0. The first kappa shape index (κ1) is 30.0. The molecule has 0 fully saturated rings. The molecule has 2 aromatic rings. The van der Waals surface area contributed by atoms with Gasteiger partial charge in [-0.25, -0.2) is 13.2 Å². The molecule has 2 aromatic carbocycles. The molecule has 5 N–H and O–H groups in total. The van der Waals surface area contributed by atoms with E-state index < -0.39 is 34.2 Å². The summed E-state index contributed by atoms with van der Waals surface area (Å²) >= 11 is 0. The standard InChI is InChI=1S/C26H35N3O9S/c1-17(2)14-29(39(34,35)20-9-10-23-24(13-20)38-16-37-23)15-22(30)21(28-26(32)33)12-18-5-7-19(8-6-18)36-11-3-4-25(27)31/h5-10,13,17,21-22,28,30H,3-4,11-12,14-16H2,1-2H3,(H2,27,31)(H,32,33)/t21-,22-/m0/s1. The Kier molecular flexibility index (Phi) is 10.4. The van der Waals surface area contributed by atoms with E-state index >= 15 is 0 Å². The van der Waals surface area contributed by atoms with Crippen LogP contribution in [0.1, 0.15) is 32.3 Å². The van der Waals surface area contributed by atoms with Gasteiger partial charge in [0.2, 0.25) is 22.7 Å². The summed E-state index contributed by atoms with van der Waals surface area (Å²) in [5.74, 6) is 0.844. The lowest BCUT2D eigenvalue weighted by Gasteiger charge is -2.30. The average molecular weight is 566 g/mol. The average Bonchev–Trinajstić information content (AvgIpc) is 3.34. The molecular weight excluding hydrogens is 530 g/mol. The Hall–Kier alpha value is -3.55. The third-order valence-corrected chi connectivity index (χ3v) is 7.76. The smallest absolute Gasteiger partial charge is 0.404 e. The minimum atomic E-state index is -4.05. The van der Waals surface area contributed by atoms with E-state index in [1.165, 1.54) is 18.2 Å². The molecule has 0 radical (unpaired) electrons. The fraction of sp³-hybridized carbons (Fsp3) is 0.462. The minimum Gasteiger partial charge on any atom is -0.494 e. The van der Waals surface area contributed by atoms with E-state index in [2.05, 4.69) is 5.32 Å². The normalized spacial score (nSPS) is 14.3. The van der Waals surface area contributed by atoms with Gasteiger partial charge in [-0.1, -0.05) is 26.0 Å². The number of ether oxygens (including phenoxy) is 3. The third kappa shape index (κ3) is 8.73. The van der Waals surface area contributed by atoms with Crippen molar-refractivity contribution in [3.8, 4) is 17.2 Å². The highest BCUT2D eigenvalue weighted by molar-refractivity contribution is 7.89. The lowest BCUT2D eigenvalue weighted by molar-refractivity contribution is -0.118. The number of benzene rings is 2. The molecule has 12 nitrogen and oxygen atoms in total. The summed E-state index contributed by atoms with van der Waals surface area (Å²) in [5.41, 5.74) is 5.81. The number of carboxylic acid groups (broad SMARTS) is 1. The van der Waals surface area contributed by atoms with Crippen molar-refractivity contribution in [3.63, 3.8) is 0 Å². The van der Waals surface area contributed by atoms with E-state index in [4.69, 9.17) is 19.9 Å². The zero-order valence-corrected chi connectivity index (χ0v) is 22.7. The van der Waals surface area contributed by atoms with E-state index in [0.29, 0.717) is 35.8 Å². The molecule has 0 aliphatic carbocycles. The number of hydrogen-bond acceptors (Lipinski definition) is 8. The SMILES string of the molecule is CC(C)CN(C[C@H](O)[C@H](Cc1ccc(OCCCC(N)=O)cc1)NC(=O)O)S(=O)(=O)c1ccc2c(c1)OCO2. The van der Waals surface area contributed by atoms with Crippen LogP contribution in [-0.4, -0.2) is 73.6 Å². The van der Waals surface area contributed by atoms with Gasteiger partial charge in [0.15, 0.2) is 11.5 Å². The number of hydrogen-bond donors (Lipinski definition) is 4. The molecule has 2 atom stereocenters. The number of nitrogens with zero attached hydrogens (tertiary/aromatic N) is 1. The maximum atomic E-state index is 13.5. The number of aliphatic hydroxyl groups excluding tert-OH is 1. The number of amides is 2. The van der Waals surface area contributed by atoms with E-state index in [0.717, 1.165) is 4.31 Å². The second-order valence-electron chi connectivity index (χ2n) is 9.62. The summed E-state index contributed by atoms with van der Waals surface area (Å²) in [7, 11) is -4.05. The Morgan fingerprint density at radius 1 is 1.10 bits per heavy atom. The Bertz CT molecular complexity index is 1240. The number of nitrogens with one attached hydrogen (secondary N) is 1. The van der Waals surface area contributed by atoms with Crippen LogP contribution in [0.15, 0.2) is 47.4 Å². The van der Waals surface area contributed by atoms with Crippen LogP contribution in [0.5, 0.6) is 17.2 Å². The largest absolute Gasteiger partial charge is 0.494 e. The summed E-state index contributed by atoms with van der Waals surface area (Å²) in [6, 6.07) is 10.1. The van der Waals surface area contributed by atoms with Gasteiger partial charge in [-0.2, -0.15) is 4.31 Å². The molecule has 0 unspecified atom stereocenters. The van der Waals surface area contributed by atoms with Crippen molar-refractivity contribution in [2.75, 3.05) is 26.5 Å². The highest BCUT2D eigenvalue weighted by atomic mass is 32.2. The molecule has 0 saturated heterocycles. The minimum absolute atomic E-state index is 0.00179. The van der Waals surface area contributed by atoms with Gasteiger partial charge in [-0.3, -0.25) is 4.79 Å². The topological polar surface area (TPSA) is 178 Å². The van der Waals surface area contributed by atoms with Crippen LogP contribution < -0.4 is 25.3 Å². The quantitative estimate of drug-likeness (QED) is 0.235. The highest BCUT2D eigenvalue weighted by Crippen LogP contribution is 2.35. The predicted octanol–water partition coefficient (Wildman–Crippen LogP) is 1.95. The molecule has 0 bridgehead atoms. The molecule has 0 spiro atoms. The van der Waals surface area contributed by atoms with Crippen molar-refractivity contribution in [3.05, 3.63) is 48.0 Å². The van der Waals surface area contributed by atoms with Crippen LogP contribution in [0.3, 0.4) is 0 Å². The Labute approximate surface area is 227 Å². The Balaban J connectivity index is 1.73. The van der Waals surface area contributed by atoms with Crippen LogP contribution in [0.2, 0.25) is 0 Å². The number of nitrogens with two attached hydrogens (primary N) is 1. The maximum absolute atomic E-state index is 13.5. The van der Waals surface area contributed by atoms with Crippen LogP contribution in [0.4, 0.5) is 4.79 Å². The fourth-order valence-corrected chi connectivity index (χ4v) is 5.69. The van der Waals surface area contributed by atoms with Gasteiger partial charge in [0, 0.05) is 25.6 Å². The molecule has 13 heteroatoms. The Morgan fingerprint density at radius 3 is 2.44 bits per heavy atom. The molecular formula is C26H35N3O9S. The second-order valence-corrected chi connectivity index (χ2v) is 11.6. The first-order chi connectivity index (χ1) is 18.5. The lowest BCUT2D eigenvalue weighted by Crippen LogP contribution is -2.50. The number of carbonyl (C=O) groups excluding carboxylic acids is 1. The van der Waals surface area contributed by atoms with Gasteiger partial charge in [0.1, 0.15) is 5.75 Å².